The largest absolute Gasteiger partial charge is 0.465 e. The Hall–Kier alpha value is -1.63. The van der Waals surface area contributed by atoms with E-state index in [2.05, 4.69) is 4.90 Å². The number of furan rings is 1. The van der Waals surface area contributed by atoms with Gasteiger partial charge in [-0.25, -0.2) is 4.79 Å². The molecule has 0 radical (unpaired) electrons. The zero-order valence-electron chi connectivity index (χ0n) is 12.7. The third-order valence-corrected chi connectivity index (χ3v) is 5.88. The van der Waals surface area contributed by atoms with Crippen LogP contribution in [0.2, 0.25) is 0 Å². The van der Waals surface area contributed by atoms with Crippen LogP contribution in [0.5, 0.6) is 0 Å². The van der Waals surface area contributed by atoms with Gasteiger partial charge < -0.3 is 14.3 Å². The van der Waals surface area contributed by atoms with Gasteiger partial charge in [-0.3, -0.25) is 4.90 Å². The fourth-order valence-corrected chi connectivity index (χ4v) is 4.37. The van der Waals surface area contributed by atoms with Gasteiger partial charge in [0.2, 0.25) is 0 Å². The summed E-state index contributed by atoms with van der Waals surface area (Å²) in [6, 6.07) is 6.80. The van der Waals surface area contributed by atoms with Crippen LogP contribution >= 0.6 is 11.3 Å². The van der Waals surface area contributed by atoms with Gasteiger partial charge in [0.05, 0.1) is 11.1 Å². The maximum atomic E-state index is 12.9. The number of carbonyl (C=O) groups is 1. The van der Waals surface area contributed by atoms with Crippen molar-refractivity contribution in [3.05, 3.63) is 46.5 Å². The summed E-state index contributed by atoms with van der Waals surface area (Å²) in [5.74, 6) is -0.0481. The van der Waals surface area contributed by atoms with Gasteiger partial charge >= 0.3 is 5.97 Å². The minimum absolute atomic E-state index is 0.147. The highest BCUT2D eigenvalue weighted by Gasteiger charge is 2.48. The molecule has 0 amide bonds. The molecule has 0 spiro atoms. The molecule has 0 aliphatic carbocycles. The first kappa shape index (κ1) is 14.9. The second-order valence-corrected chi connectivity index (χ2v) is 7.19. The van der Waals surface area contributed by atoms with E-state index in [1.54, 1.807) is 24.3 Å². The lowest BCUT2D eigenvalue weighted by Gasteiger charge is -2.44. The van der Waals surface area contributed by atoms with Crippen LogP contribution in [-0.2, 0) is 15.1 Å². The number of aliphatic hydroxyl groups is 1. The number of fused-ring (bicyclic) bond motifs is 3. The Morgan fingerprint density at radius 2 is 2.17 bits per heavy atom. The predicted molar refractivity (Wildman–Crippen MR) is 85.1 cm³/mol. The first-order valence-electron chi connectivity index (χ1n) is 7.91. The summed E-state index contributed by atoms with van der Waals surface area (Å²) in [6.07, 6.45) is 3.41. The van der Waals surface area contributed by atoms with E-state index >= 15 is 0 Å². The van der Waals surface area contributed by atoms with Crippen molar-refractivity contribution in [1.29, 1.82) is 0 Å². The summed E-state index contributed by atoms with van der Waals surface area (Å²) in [7, 11) is 0. The quantitative estimate of drug-likeness (QED) is 0.869. The number of carbonyl (C=O) groups excluding carboxylic acids is 1. The Balaban J connectivity index is 1.61. The van der Waals surface area contributed by atoms with Gasteiger partial charge in [-0.2, -0.15) is 0 Å². The van der Waals surface area contributed by atoms with Crippen molar-refractivity contribution in [2.75, 3.05) is 19.6 Å². The fourth-order valence-electron chi connectivity index (χ4n) is 3.56. The molecule has 3 saturated heterocycles. The average Bonchev–Trinajstić information content (AvgIpc) is 3.29. The normalized spacial score (nSPS) is 29.2. The molecule has 0 aromatic carbocycles. The summed E-state index contributed by atoms with van der Waals surface area (Å²) in [4.78, 5) is 15.7. The highest BCUT2D eigenvalue weighted by atomic mass is 32.1. The maximum Gasteiger partial charge on any atom is 0.352 e. The van der Waals surface area contributed by atoms with Crippen molar-refractivity contribution in [3.63, 3.8) is 0 Å². The number of nitrogens with zero attached hydrogens (tertiary/aromatic N) is 1. The number of rotatable bonds is 4. The summed E-state index contributed by atoms with van der Waals surface area (Å²) in [6.45, 7) is 2.91. The van der Waals surface area contributed by atoms with Crippen LogP contribution in [0.1, 0.15) is 23.5 Å². The van der Waals surface area contributed by atoms with E-state index in [1.807, 2.05) is 5.38 Å². The van der Waals surface area contributed by atoms with Crippen LogP contribution in [0.15, 0.2) is 40.3 Å². The molecule has 2 aromatic heterocycles. The highest BCUT2D eigenvalue weighted by Crippen LogP contribution is 2.37. The topological polar surface area (TPSA) is 62.9 Å². The van der Waals surface area contributed by atoms with Crippen molar-refractivity contribution in [1.82, 2.24) is 4.90 Å². The molecule has 1 N–H and O–H groups in total. The molecule has 5 heterocycles. The summed E-state index contributed by atoms with van der Waals surface area (Å²) in [5.41, 5.74) is -1.87. The van der Waals surface area contributed by atoms with Crippen LogP contribution in [0, 0.1) is 5.92 Å². The molecule has 3 fully saturated rings. The fraction of sp³-hybridized carbons (Fsp3) is 0.471. The zero-order valence-corrected chi connectivity index (χ0v) is 13.5. The van der Waals surface area contributed by atoms with Gasteiger partial charge in [-0.1, -0.05) is 6.07 Å². The van der Waals surface area contributed by atoms with Gasteiger partial charge in [0.25, 0.3) is 5.60 Å². The van der Waals surface area contributed by atoms with E-state index in [9.17, 15) is 9.90 Å². The number of esters is 1. The van der Waals surface area contributed by atoms with Gasteiger partial charge in [0.1, 0.15) is 6.10 Å². The van der Waals surface area contributed by atoms with Crippen LogP contribution in [0.4, 0.5) is 0 Å². The molecule has 2 bridgehead atoms. The van der Waals surface area contributed by atoms with Crippen molar-refractivity contribution in [2.45, 2.75) is 24.5 Å². The molecular formula is C17H19NO4S. The Morgan fingerprint density at radius 1 is 1.35 bits per heavy atom. The standard InChI is InChI=1S/C17H19NO4S/c19-16(22-13-11-18-7-5-12(13)6-8-18)17(20,14-3-1-9-21-14)15-4-2-10-23-15/h1-4,9-10,12-13,20H,5-8,11H2/t13-,17?/m0/s1. The van der Waals surface area contributed by atoms with Gasteiger partial charge in [-0.05, 0) is 55.4 Å². The van der Waals surface area contributed by atoms with Crippen molar-refractivity contribution >= 4 is 17.3 Å². The highest BCUT2D eigenvalue weighted by molar-refractivity contribution is 7.10. The molecular weight excluding hydrogens is 314 g/mol. The Bertz CT molecular complexity index is 625. The number of piperidine rings is 3. The Kier molecular flexibility index (Phi) is 3.75. The second kappa shape index (κ2) is 5.78. The molecule has 3 aliphatic heterocycles. The molecule has 5 rings (SSSR count). The summed E-state index contributed by atoms with van der Waals surface area (Å²) in [5, 5.41) is 13.0. The van der Waals surface area contributed by atoms with Crippen LogP contribution in [-0.4, -0.2) is 41.7 Å². The van der Waals surface area contributed by atoms with E-state index in [-0.39, 0.29) is 11.9 Å². The molecule has 23 heavy (non-hydrogen) atoms. The lowest BCUT2D eigenvalue weighted by Crippen LogP contribution is -2.53. The second-order valence-electron chi connectivity index (χ2n) is 6.25. The molecule has 0 saturated carbocycles. The lowest BCUT2D eigenvalue weighted by molar-refractivity contribution is -0.178. The number of ether oxygens (including phenoxy) is 1. The molecule has 2 aromatic rings. The van der Waals surface area contributed by atoms with E-state index in [0.29, 0.717) is 10.8 Å². The van der Waals surface area contributed by atoms with E-state index in [1.165, 1.54) is 17.6 Å². The molecule has 5 nitrogen and oxygen atoms in total. The third kappa shape index (κ3) is 2.51. The van der Waals surface area contributed by atoms with E-state index < -0.39 is 11.6 Å². The van der Waals surface area contributed by atoms with Crippen molar-refractivity contribution < 1.29 is 19.1 Å². The maximum absolute atomic E-state index is 12.9. The minimum Gasteiger partial charge on any atom is -0.465 e. The first-order valence-corrected chi connectivity index (χ1v) is 8.79. The van der Waals surface area contributed by atoms with Crippen LogP contribution in [0.25, 0.3) is 0 Å². The molecule has 2 atom stereocenters. The number of hydrogen-bond acceptors (Lipinski definition) is 6. The Morgan fingerprint density at radius 3 is 2.74 bits per heavy atom. The van der Waals surface area contributed by atoms with E-state index in [0.717, 1.165) is 32.5 Å². The SMILES string of the molecule is O=C(O[C@H]1CN2CCC1CC2)C(O)(c1ccco1)c1cccs1. The Labute approximate surface area is 138 Å². The van der Waals surface area contributed by atoms with Gasteiger partial charge in [-0.15, -0.1) is 11.3 Å². The third-order valence-electron chi connectivity index (χ3n) is 4.91. The van der Waals surface area contributed by atoms with Crippen molar-refractivity contribution in [3.8, 4) is 0 Å². The molecule has 3 aliphatic rings. The molecule has 6 heteroatoms. The predicted octanol–water partition coefficient (Wildman–Crippen LogP) is 2.21. The van der Waals surface area contributed by atoms with E-state index in [4.69, 9.17) is 9.15 Å². The van der Waals surface area contributed by atoms with Crippen LogP contribution in [0.3, 0.4) is 0 Å². The lowest BCUT2D eigenvalue weighted by atomic mass is 9.85. The monoisotopic (exact) mass is 333 g/mol. The minimum atomic E-state index is -1.87. The smallest absolute Gasteiger partial charge is 0.352 e. The van der Waals surface area contributed by atoms with Gasteiger partial charge in [0.15, 0.2) is 5.76 Å². The summed E-state index contributed by atoms with van der Waals surface area (Å²) < 4.78 is 11.1. The number of thiophene rings is 1. The number of hydrogen-bond donors (Lipinski definition) is 1. The molecule has 122 valence electrons. The zero-order chi connectivity index (χ0) is 15.9. The summed E-state index contributed by atoms with van der Waals surface area (Å²) >= 11 is 1.31. The van der Waals surface area contributed by atoms with Crippen molar-refractivity contribution in [2.24, 2.45) is 5.92 Å². The first-order chi connectivity index (χ1) is 11.2. The molecule has 1 unspecified atom stereocenters. The van der Waals surface area contributed by atoms with Gasteiger partial charge in [0, 0.05) is 6.54 Å². The van der Waals surface area contributed by atoms with Crippen LogP contribution < -0.4 is 0 Å². The average molecular weight is 333 g/mol.